The van der Waals surface area contributed by atoms with Crippen LogP contribution in [0.3, 0.4) is 0 Å². The van der Waals surface area contributed by atoms with Crippen LogP contribution in [0, 0.1) is 11.8 Å². The number of rotatable bonds is 5. The first-order valence-electron chi connectivity index (χ1n) is 12.2. The Morgan fingerprint density at radius 2 is 1.94 bits per heavy atom. The second-order valence-electron chi connectivity index (χ2n) is 9.86. The summed E-state index contributed by atoms with van der Waals surface area (Å²) in [7, 11) is 0. The van der Waals surface area contributed by atoms with Crippen LogP contribution in [-0.4, -0.2) is 56.0 Å². The molecule has 2 atom stereocenters. The maximum Gasteiger partial charge on any atom is 0.277 e. The van der Waals surface area contributed by atoms with Gasteiger partial charge in [-0.05, 0) is 38.0 Å². The van der Waals surface area contributed by atoms with Crippen molar-refractivity contribution in [2.45, 2.75) is 77.8 Å². The van der Waals surface area contributed by atoms with Crippen LogP contribution in [0.15, 0.2) is 10.9 Å². The zero-order valence-corrected chi connectivity index (χ0v) is 19.1. The predicted molar refractivity (Wildman–Crippen MR) is 120 cm³/mol. The number of H-pyrrole nitrogens is 1. The smallest absolute Gasteiger partial charge is 0.277 e. The van der Waals surface area contributed by atoms with Gasteiger partial charge in [-0.15, -0.1) is 0 Å². The van der Waals surface area contributed by atoms with E-state index >= 15 is 0 Å². The SMILES string of the molecule is CCC(CC)N1CCc2nc3cc(C4CCN(C(=O)[C@@H]5C[C@@H]5C)CC4)[nH]n3c(=O)c2C1. The summed E-state index contributed by atoms with van der Waals surface area (Å²) in [6.07, 6.45) is 5.99. The van der Waals surface area contributed by atoms with Gasteiger partial charge in [-0.1, -0.05) is 20.8 Å². The van der Waals surface area contributed by atoms with E-state index in [9.17, 15) is 9.59 Å². The van der Waals surface area contributed by atoms with Crippen LogP contribution in [0.2, 0.25) is 0 Å². The molecule has 0 aromatic carbocycles. The fourth-order valence-corrected chi connectivity index (χ4v) is 5.66. The fourth-order valence-electron chi connectivity index (χ4n) is 5.66. The topological polar surface area (TPSA) is 73.7 Å². The van der Waals surface area contributed by atoms with Gasteiger partial charge in [0, 0.05) is 62.2 Å². The third kappa shape index (κ3) is 3.71. The van der Waals surface area contributed by atoms with Gasteiger partial charge < -0.3 is 4.90 Å². The van der Waals surface area contributed by atoms with Gasteiger partial charge in [-0.3, -0.25) is 19.6 Å². The number of hydrogen-bond donors (Lipinski definition) is 1. The van der Waals surface area contributed by atoms with Gasteiger partial charge in [0.25, 0.3) is 5.56 Å². The monoisotopic (exact) mass is 425 g/mol. The highest BCUT2D eigenvalue weighted by Crippen LogP contribution is 2.40. The second-order valence-corrected chi connectivity index (χ2v) is 9.86. The van der Waals surface area contributed by atoms with E-state index < -0.39 is 0 Å². The summed E-state index contributed by atoms with van der Waals surface area (Å²) in [5.41, 5.74) is 3.69. The van der Waals surface area contributed by atoms with E-state index in [1.165, 1.54) is 0 Å². The zero-order chi connectivity index (χ0) is 21.7. The van der Waals surface area contributed by atoms with Gasteiger partial charge in [-0.2, -0.15) is 0 Å². The Bertz CT molecular complexity index is 1030. The molecule has 0 bridgehead atoms. The van der Waals surface area contributed by atoms with Crippen molar-refractivity contribution >= 4 is 11.6 Å². The average Bonchev–Trinajstić information content (AvgIpc) is 3.36. The van der Waals surface area contributed by atoms with Crippen molar-refractivity contribution in [3.63, 3.8) is 0 Å². The molecule has 2 fully saturated rings. The minimum absolute atomic E-state index is 0.0530. The third-order valence-electron chi connectivity index (χ3n) is 7.94. The van der Waals surface area contributed by atoms with E-state index in [2.05, 4.69) is 36.8 Å². The summed E-state index contributed by atoms with van der Waals surface area (Å²) >= 11 is 0. The highest BCUT2D eigenvalue weighted by Gasteiger charge is 2.42. The lowest BCUT2D eigenvalue weighted by molar-refractivity contribution is -0.133. The predicted octanol–water partition coefficient (Wildman–Crippen LogP) is 2.93. The lowest BCUT2D eigenvalue weighted by Gasteiger charge is -2.33. The summed E-state index contributed by atoms with van der Waals surface area (Å²) in [5.74, 6) is 1.51. The molecule has 7 heteroatoms. The molecule has 2 aromatic rings. The minimum Gasteiger partial charge on any atom is -0.342 e. The van der Waals surface area contributed by atoms with Crippen molar-refractivity contribution in [1.29, 1.82) is 0 Å². The quantitative estimate of drug-likeness (QED) is 0.799. The Kier molecular flexibility index (Phi) is 5.40. The number of aromatic amines is 1. The molecule has 1 aliphatic carbocycles. The van der Waals surface area contributed by atoms with Gasteiger partial charge in [0.1, 0.15) is 0 Å². The molecular formula is C24H35N5O2. The van der Waals surface area contributed by atoms with Gasteiger partial charge >= 0.3 is 0 Å². The normalized spacial score (nSPS) is 24.7. The molecule has 31 heavy (non-hydrogen) atoms. The highest BCUT2D eigenvalue weighted by atomic mass is 16.2. The van der Waals surface area contributed by atoms with E-state index in [0.29, 0.717) is 30.3 Å². The summed E-state index contributed by atoms with van der Waals surface area (Å²) in [4.78, 5) is 35.1. The Labute approximate surface area is 183 Å². The first kappa shape index (κ1) is 20.7. The molecule has 1 saturated carbocycles. The molecule has 0 unspecified atom stereocenters. The second kappa shape index (κ2) is 8.08. The number of nitrogens with one attached hydrogen (secondary N) is 1. The molecule has 1 saturated heterocycles. The molecule has 4 heterocycles. The third-order valence-corrected chi connectivity index (χ3v) is 7.94. The lowest BCUT2D eigenvalue weighted by Crippen LogP contribution is -2.42. The van der Waals surface area contributed by atoms with E-state index in [-0.39, 0.29) is 11.5 Å². The lowest BCUT2D eigenvalue weighted by atomic mass is 9.93. The number of hydrogen-bond acceptors (Lipinski definition) is 4. The number of amides is 1. The molecule has 7 nitrogen and oxygen atoms in total. The minimum atomic E-state index is 0.0530. The van der Waals surface area contributed by atoms with E-state index in [1.807, 2.05) is 4.90 Å². The fraction of sp³-hybridized carbons (Fsp3) is 0.708. The van der Waals surface area contributed by atoms with Crippen LogP contribution in [0.4, 0.5) is 0 Å². The number of carbonyl (C=O) groups excluding carboxylic acids is 1. The maximum atomic E-state index is 13.3. The average molecular weight is 426 g/mol. The number of nitrogens with zero attached hydrogens (tertiary/aromatic N) is 4. The first-order valence-corrected chi connectivity index (χ1v) is 12.2. The number of carbonyl (C=O) groups is 1. The summed E-state index contributed by atoms with van der Waals surface area (Å²) in [5, 5.41) is 3.36. The molecule has 168 valence electrons. The van der Waals surface area contributed by atoms with Crippen LogP contribution in [0.1, 0.15) is 75.7 Å². The molecule has 2 aromatic heterocycles. The molecule has 1 amide bonds. The standard InChI is InChI=1S/C24H35N5O2/c1-4-17(5-2)28-11-8-20-19(14-28)24(31)29-22(25-20)13-21(26-29)16-6-9-27(10-7-16)23(30)18-12-15(18)3/h13,15-18,26H,4-12,14H2,1-3H3/t15-,18+/m0/s1. The van der Waals surface area contributed by atoms with Gasteiger partial charge in [0.15, 0.2) is 5.65 Å². The van der Waals surface area contributed by atoms with Crippen molar-refractivity contribution in [1.82, 2.24) is 24.4 Å². The van der Waals surface area contributed by atoms with Crippen LogP contribution in [0.5, 0.6) is 0 Å². The van der Waals surface area contributed by atoms with Crippen molar-refractivity contribution in [3.05, 3.63) is 33.4 Å². The van der Waals surface area contributed by atoms with Gasteiger partial charge in [0.05, 0.1) is 11.3 Å². The maximum absolute atomic E-state index is 13.3. The molecule has 1 N–H and O–H groups in total. The Balaban J connectivity index is 1.34. The zero-order valence-electron chi connectivity index (χ0n) is 19.1. The molecule has 3 aliphatic rings. The number of piperidine rings is 1. The molecule has 0 radical (unpaired) electrons. The van der Waals surface area contributed by atoms with Crippen molar-refractivity contribution in [2.75, 3.05) is 19.6 Å². The number of fused-ring (bicyclic) bond motifs is 2. The van der Waals surface area contributed by atoms with Crippen LogP contribution in [-0.2, 0) is 17.8 Å². The highest BCUT2D eigenvalue weighted by molar-refractivity contribution is 5.81. The van der Waals surface area contributed by atoms with E-state index in [1.54, 1.807) is 4.52 Å². The van der Waals surface area contributed by atoms with E-state index in [0.717, 1.165) is 80.8 Å². The summed E-state index contributed by atoms with van der Waals surface area (Å²) in [6, 6.07) is 2.58. The largest absolute Gasteiger partial charge is 0.342 e. The Morgan fingerprint density at radius 1 is 1.23 bits per heavy atom. The van der Waals surface area contributed by atoms with Crippen molar-refractivity contribution in [2.24, 2.45) is 11.8 Å². The number of aromatic nitrogens is 3. The molecular weight excluding hydrogens is 390 g/mol. The Morgan fingerprint density at radius 3 is 2.58 bits per heavy atom. The Hall–Kier alpha value is -2.15. The summed E-state index contributed by atoms with van der Waals surface area (Å²) in [6.45, 7) is 9.90. The number of likely N-dealkylation sites (tertiary alicyclic amines) is 1. The van der Waals surface area contributed by atoms with Crippen LogP contribution >= 0.6 is 0 Å². The van der Waals surface area contributed by atoms with Gasteiger partial charge in [-0.25, -0.2) is 9.50 Å². The molecule has 0 spiro atoms. The van der Waals surface area contributed by atoms with E-state index in [4.69, 9.17) is 4.98 Å². The van der Waals surface area contributed by atoms with Gasteiger partial charge in [0.2, 0.25) is 5.91 Å². The molecule has 2 aliphatic heterocycles. The molecule has 5 rings (SSSR count). The van der Waals surface area contributed by atoms with Crippen LogP contribution < -0.4 is 5.56 Å². The summed E-state index contributed by atoms with van der Waals surface area (Å²) < 4.78 is 1.65. The van der Waals surface area contributed by atoms with Crippen molar-refractivity contribution < 1.29 is 4.79 Å². The first-order chi connectivity index (χ1) is 15.0. The van der Waals surface area contributed by atoms with Crippen molar-refractivity contribution in [3.8, 4) is 0 Å². The van der Waals surface area contributed by atoms with Crippen LogP contribution in [0.25, 0.3) is 5.65 Å².